The van der Waals surface area contributed by atoms with Gasteiger partial charge in [-0.25, -0.2) is 0 Å². The van der Waals surface area contributed by atoms with Crippen LogP contribution in [0.2, 0.25) is 0 Å². The van der Waals surface area contributed by atoms with Gasteiger partial charge in [-0.15, -0.1) is 0 Å². The maximum Gasteiger partial charge on any atom is 0.0753 e. The van der Waals surface area contributed by atoms with Crippen LogP contribution in [0.4, 0.5) is 0 Å². The zero-order valence-corrected chi connectivity index (χ0v) is 11.3. The molecule has 0 aromatic heterocycles. The fraction of sp³-hybridized carbons (Fsp3) is 1.00. The van der Waals surface area contributed by atoms with Gasteiger partial charge in [-0.1, -0.05) is 13.8 Å². The topological polar surface area (TPSA) is 38.5 Å². The zero-order chi connectivity index (χ0) is 12.2. The molecule has 1 aliphatic heterocycles. The molecule has 1 fully saturated rings. The summed E-state index contributed by atoms with van der Waals surface area (Å²) in [7, 11) is 0. The van der Waals surface area contributed by atoms with Crippen molar-refractivity contribution in [3.63, 3.8) is 0 Å². The van der Waals surface area contributed by atoms with Crippen molar-refractivity contribution in [3.05, 3.63) is 0 Å². The highest BCUT2D eigenvalue weighted by Crippen LogP contribution is 2.19. The first-order chi connectivity index (χ1) is 7.43. The molecular formula is C13H28N2O. The van der Waals surface area contributed by atoms with Crippen LogP contribution in [-0.4, -0.2) is 43.3 Å². The summed E-state index contributed by atoms with van der Waals surface area (Å²) in [6.07, 6.45) is 1.23. The first kappa shape index (κ1) is 13.9. The van der Waals surface area contributed by atoms with Gasteiger partial charge in [-0.05, 0) is 38.6 Å². The van der Waals surface area contributed by atoms with Crippen molar-refractivity contribution in [2.45, 2.75) is 39.7 Å². The van der Waals surface area contributed by atoms with Crippen molar-refractivity contribution in [2.24, 2.45) is 17.6 Å². The quantitative estimate of drug-likeness (QED) is 0.778. The smallest absolute Gasteiger partial charge is 0.0753 e. The van der Waals surface area contributed by atoms with E-state index < -0.39 is 0 Å². The molecule has 0 saturated carbocycles. The number of hydrogen-bond donors (Lipinski definition) is 1. The van der Waals surface area contributed by atoms with E-state index in [1.165, 1.54) is 6.42 Å². The lowest BCUT2D eigenvalue weighted by atomic mass is 9.96. The summed E-state index contributed by atoms with van der Waals surface area (Å²) < 4.78 is 5.72. The van der Waals surface area contributed by atoms with E-state index in [0.29, 0.717) is 5.92 Å². The largest absolute Gasteiger partial charge is 0.373 e. The molecule has 16 heavy (non-hydrogen) atoms. The van der Waals surface area contributed by atoms with Crippen molar-refractivity contribution in [1.82, 2.24) is 4.90 Å². The molecule has 1 rings (SSSR count). The summed E-state index contributed by atoms with van der Waals surface area (Å²) >= 11 is 0. The number of hydrogen-bond acceptors (Lipinski definition) is 3. The van der Waals surface area contributed by atoms with E-state index in [-0.39, 0.29) is 5.60 Å². The van der Waals surface area contributed by atoms with Gasteiger partial charge in [0.2, 0.25) is 0 Å². The van der Waals surface area contributed by atoms with Gasteiger partial charge in [0.25, 0.3) is 0 Å². The Bertz CT molecular complexity index is 204. The van der Waals surface area contributed by atoms with Crippen LogP contribution in [-0.2, 0) is 4.74 Å². The summed E-state index contributed by atoms with van der Waals surface area (Å²) in [5, 5.41) is 0. The molecule has 0 aromatic carbocycles. The number of morpholine rings is 1. The first-order valence-electron chi connectivity index (χ1n) is 6.49. The summed E-state index contributed by atoms with van der Waals surface area (Å²) in [6, 6.07) is 0. The lowest BCUT2D eigenvalue weighted by Gasteiger charge is -2.39. The van der Waals surface area contributed by atoms with E-state index in [0.717, 1.165) is 38.7 Å². The normalized spacial score (nSPS) is 23.6. The van der Waals surface area contributed by atoms with Crippen molar-refractivity contribution in [1.29, 1.82) is 0 Å². The Kier molecular flexibility index (Phi) is 5.22. The van der Waals surface area contributed by atoms with Crippen LogP contribution < -0.4 is 5.73 Å². The Balaban J connectivity index is 2.39. The van der Waals surface area contributed by atoms with E-state index in [1.807, 2.05) is 0 Å². The fourth-order valence-corrected chi connectivity index (χ4v) is 2.55. The molecule has 2 N–H and O–H groups in total. The Hall–Kier alpha value is -0.120. The van der Waals surface area contributed by atoms with Crippen LogP contribution in [0.3, 0.4) is 0 Å². The van der Waals surface area contributed by atoms with E-state index >= 15 is 0 Å². The lowest BCUT2D eigenvalue weighted by molar-refractivity contribution is -0.0891. The molecular weight excluding hydrogens is 200 g/mol. The third kappa shape index (κ3) is 4.81. The van der Waals surface area contributed by atoms with Gasteiger partial charge in [-0.2, -0.15) is 0 Å². The Morgan fingerprint density at radius 3 is 2.56 bits per heavy atom. The maximum atomic E-state index is 5.85. The summed E-state index contributed by atoms with van der Waals surface area (Å²) in [5.74, 6) is 1.37. The molecule has 1 aliphatic rings. The minimum absolute atomic E-state index is 0.00916. The number of nitrogens with zero attached hydrogens (tertiary/aromatic N) is 1. The second-order valence-corrected chi connectivity index (χ2v) is 6.07. The van der Waals surface area contributed by atoms with Gasteiger partial charge in [0.05, 0.1) is 12.2 Å². The standard InChI is InChI=1S/C13H28N2O/c1-11(2)7-12(8-14)9-15-5-6-16-13(3,4)10-15/h11-12H,5-10,14H2,1-4H3. The minimum atomic E-state index is 0.00916. The highest BCUT2D eigenvalue weighted by molar-refractivity contribution is 4.80. The number of ether oxygens (including phenoxy) is 1. The first-order valence-corrected chi connectivity index (χ1v) is 6.49. The SMILES string of the molecule is CC(C)CC(CN)CN1CCOC(C)(C)C1. The highest BCUT2D eigenvalue weighted by atomic mass is 16.5. The van der Waals surface area contributed by atoms with Gasteiger partial charge in [-0.3, -0.25) is 4.90 Å². The van der Waals surface area contributed by atoms with E-state index in [4.69, 9.17) is 10.5 Å². The number of nitrogens with two attached hydrogens (primary N) is 1. The molecule has 1 atom stereocenters. The van der Waals surface area contributed by atoms with Gasteiger partial charge in [0, 0.05) is 19.6 Å². The summed E-state index contributed by atoms with van der Waals surface area (Å²) in [5.41, 5.74) is 5.86. The predicted molar refractivity (Wildman–Crippen MR) is 68.5 cm³/mol. The molecule has 1 saturated heterocycles. The van der Waals surface area contributed by atoms with E-state index in [9.17, 15) is 0 Å². The van der Waals surface area contributed by atoms with E-state index in [1.54, 1.807) is 0 Å². The van der Waals surface area contributed by atoms with Crippen LogP contribution in [0.15, 0.2) is 0 Å². The fourth-order valence-electron chi connectivity index (χ4n) is 2.55. The van der Waals surface area contributed by atoms with Crippen molar-refractivity contribution < 1.29 is 4.74 Å². The molecule has 0 amide bonds. The Labute approximate surface area is 100 Å². The van der Waals surface area contributed by atoms with Crippen LogP contribution in [0.25, 0.3) is 0 Å². The highest BCUT2D eigenvalue weighted by Gasteiger charge is 2.28. The molecule has 0 aromatic rings. The monoisotopic (exact) mass is 228 g/mol. The number of rotatable bonds is 5. The van der Waals surface area contributed by atoms with Crippen molar-refractivity contribution >= 4 is 0 Å². The second kappa shape index (κ2) is 5.99. The molecule has 1 unspecified atom stereocenters. The van der Waals surface area contributed by atoms with Gasteiger partial charge >= 0.3 is 0 Å². The molecule has 96 valence electrons. The average molecular weight is 228 g/mol. The molecule has 0 radical (unpaired) electrons. The van der Waals surface area contributed by atoms with Crippen LogP contribution in [0.5, 0.6) is 0 Å². The van der Waals surface area contributed by atoms with Crippen LogP contribution >= 0.6 is 0 Å². The molecule has 3 heteroatoms. The minimum Gasteiger partial charge on any atom is -0.373 e. The Morgan fingerprint density at radius 2 is 2.06 bits per heavy atom. The van der Waals surface area contributed by atoms with Gasteiger partial charge in [0.15, 0.2) is 0 Å². The third-order valence-corrected chi connectivity index (χ3v) is 3.16. The lowest BCUT2D eigenvalue weighted by Crippen LogP contribution is -2.50. The van der Waals surface area contributed by atoms with Crippen molar-refractivity contribution in [3.8, 4) is 0 Å². The molecule has 0 aliphatic carbocycles. The van der Waals surface area contributed by atoms with Crippen LogP contribution in [0, 0.1) is 11.8 Å². The van der Waals surface area contributed by atoms with Gasteiger partial charge < -0.3 is 10.5 Å². The van der Waals surface area contributed by atoms with Crippen molar-refractivity contribution in [2.75, 3.05) is 32.8 Å². The maximum absolute atomic E-state index is 5.85. The molecule has 0 bridgehead atoms. The average Bonchev–Trinajstić information content (AvgIpc) is 2.14. The predicted octanol–water partition coefficient (Wildman–Crippen LogP) is 1.72. The third-order valence-electron chi connectivity index (χ3n) is 3.16. The summed E-state index contributed by atoms with van der Waals surface area (Å²) in [6.45, 7) is 13.7. The van der Waals surface area contributed by atoms with E-state index in [2.05, 4.69) is 32.6 Å². The van der Waals surface area contributed by atoms with Crippen LogP contribution in [0.1, 0.15) is 34.1 Å². The second-order valence-electron chi connectivity index (χ2n) is 6.07. The van der Waals surface area contributed by atoms with Gasteiger partial charge in [0.1, 0.15) is 0 Å². The summed E-state index contributed by atoms with van der Waals surface area (Å²) in [4.78, 5) is 2.50. The molecule has 1 heterocycles. The zero-order valence-electron chi connectivity index (χ0n) is 11.3. The Morgan fingerprint density at radius 1 is 1.38 bits per heavy atom. The molecule has 3 nitrogen and oxygen atoms in total. The molecule has 0 spiro atoms.